The fraction of sp³-hybridized carbons (Fsp3) is 0.267. The number of hydrogen-bond acceptors (Lipinski definition) is 2. The van der Waals surface area contributed by atoms with E-state index in [1.165, 1.54) is 5.56 Å². The van der Waals surface area contributed by atoms with Crippen LogP contribution in [0.4, 0.5) is 4.79 Å². The first kappa shape index (κ1) is 13.2. The van der Waals surface area contributed by atoms with Crippen LogP contribution in [0.3, 0.4) is 0 Å². The third-order valence-electron chi connectivity index (χ3n) is 3.22. The van der Waals surface area contributed by atoms with Gasteiger partial charge in [-0.2, -0.15) is 0 Å². The Kier molecular flexibility index (Phi) is 3.90. The van der Waals surface area contributed by atoms with Crippen LogP contribution < -0.4 is 15.8 Å². The molecule has 0 heterocycles. The zero-order valence-corrected chi connectivity index (χ0v) is 11.1. The van der Waals surface area contributed by atoms with E-state index in [1.54, 1.807) is 7.11 Å². The Balaban J connectivity index is 2.23. The number of methoxy groups -OCH3 is 1. The highest BCUT2D eigenvalue weighted by Gasteiger charge is 2.07. The van der Waals surface area contributed by atoms with Gasteiger partial charge in [0.2, 0.25) is 0 Å². The lowest BCUT2D eigenvalue weighted by molar-refractivity contribution is 0.248. The minimum Gasteiger partial charge on any atom is -0.497 e. The van der Waals surface area contributed by atoms with E-state index in [2.05, 4.69) is 30.4 Å². The number of ether oxygens (including phenoxy) is 1. The van der Waals surface area contributed by atoms with Crippen molar-refractivity contribution in [2.75, 3.05) is 13.7 Å². The number of amides is 2. The number of primary amides is 1. The smallest absolute Gasteiger partial charge is 0.312 e. The second-order valence-electron chi connectivity index (χ2n) is 4.62. The summed E-state index contributed by atoms with van der Waals surface area (Å²) in [7, 11) is 1.66. The molecule has 2 amide bonds. The van der Waals surface area contributed by atoms with Gasteiger partial charge in [-0.3, -0.25) is 0 Å². The normalized spacial score (nSPS) is 12.1. The maximum Gasteiger partial charge on any atom is 0.312 e. The maximum absolute atomic E-state index is 10.7. The van der Waals surface area contributed by atoms with E-state index in [-0.39, 0.29) is 5.92 Å². The predicted octanol–water partition coefficient (Wildman–Crippen LogP) is 2.62. The number of carbonyl (C=O) groups excluding carboxylic acids is 1. The Morgan fingerprint density at radius 3 is 2.63 bits per heavy atom. The van der Waals surface area contributed by atoms with Crippen molar-refractivity contribution in [1.29, 1.82) is 0 Å². The van der Waals surface area contributed by atoms with Crippen LogP contribution in [0.25, 0.3) is 10.8 Å². The molecule has 0 aliphatic carbocycles. The zero-order valence-electron chi connectivity index (χ0n) is 11.1. The fourth-order valence-electron chi connectivity index (χ4n) is 2.05. The number of nitrogens with one attached hydrogen (secondary N) is 1. The average Bonchev–Trinajstić information content (AvgIpc) is 2.43. The largest absolute Gasteiger partial charge is 0.497 e. The summed E-state index contributed by atoms with van der Waals surface area (Å²) in [6, 6.07) is 11.7. The van der Waals surface area contributed by atoms with Gasteiger partial charge in [-0.15, -0.1) is 0 Å². The lowest BCUT2D eigenvalue weighted by Crippen LogP contribution is -2.32. The summed E-state index contributed by atoms with van der Waals surface area (Å²) >= 11 is 0. The van der Waals surface area contributed by atoms with E-state index in [4.69, 9.17) is 10.5 Å². The highest BCUT2D eigenvalue weighted by atomic mass is 16.5. The van der Waals surface area contributed by atoms with E-state index in [0.29, 0.717) is 6.54 Å². The van der Waals surface area contributed by atoms with Gasteiger partial charge in [-0.1, -0.05) is 31.2 Å². The van der Waals surface area contributed by atoms with Crippen molar-refractivity contribution in [2.45, 2.75) is 12.8 Å². The van der Waals surface area contributed by atoms with Gasteiger partial charge >= 0.3 is 6.03 Å². The topological polar surface area (TPSA) is 64.3 Å². The van der Waals surface area contributed by atoms with Crippen LogP contribution in [-0.2, 0) is 0 Å². The summed E-state index contributed by atoms with van der Waals surface area (Å²) in [5.41, 5.74) is 6.25. The molecule has 100 valence electrons. The van der Waals surface area contributed by atoms with Gasteiger partial charge in [0.05, 0.1) is 7.11 Å². The summed E-state index contributed by atoms with van der Waals surface area (Å²) < 4.78 is 5.20. The Labute approximate surface area is 112 Å². The molecule has 3 N–H and O–H groups in total. The van der Waals surface area contributed by atoms with Gasteiger partial charge < -0.3 is 15.8 Å². The molecule has 0 aromatic heterocycles. The lowest BCUT2D eigenvalue weighted by Gasteiger charge is -2.13. The quantitative estimate of drug-likeness (QED) is 0.885. The highest BCUT2D eigenvalue weighted by molar-refractivity contribution is 5.84. The number of nitrogens with two attached hydrogens (primary N) is 1. The zero-order chi connectivity index (χ0) is 13.8. The first-order valence-corrected chi connectivity index (χ1v) is 6.21. The number of benzene rings is 2. The number of rotatable bonds is 4. The van der Waals surface area contributed by atoms with Crippen molar-refractivity contribution < 1.29 is 9.53 Å². The second-order valence-corrected chi connectivity index (χ2v) is 4.62. The van der Waals surface area contributed by atoms with Gasteiger partial charge in [0.25, 0.3) is 0 Å². The standard InChI is InChI=1S/C15H18N2O2/c1-10(9-17-15(16)18)11-3-4-13-8-14(19-2)6-5-12(13)7-11/h3-8,10H,9H2,1-2H3,(H3,16,17,18). The Morgan fingerprint density at radius 1 is 1.26 bits per heavy atom. The van der Waals surface area contributed by atoms with Gasteiger partial charge in [-0.05, 0) is 34.4 Å². The minimum absolute atomic E-state index is 0.221. The molecule has 0 saturated carbocycles. The Bertz CT molecular complexity index is 596. The fourth-order valence-corrected chi connectivity index (χ4v) is 2.05. The van der Waals surface area contributed by atoms with Gasteiger partial charge in [0, 0.05) is 6.54 Å². The van der Waals surface area contributed by atoms with Crippen LogP contribution in [0.2, 0.25) is 0 Å². The van der Waals surface area contributed by atoms with E-state index < -0.39 is 6.03 Å². The molecule has 0 spiro atoms. The lowest BCUT2D eigenvalue weighted by atomic mass is 9.97. The van der Waals surface area contributed by atoms with E-state index in [9.17, 15) is 4.79 Å². The number of urea groups is 1. The molecule has 0 aliphatic heterocycles. The van der Waals surface area contributed by atoms with E-state index in [0.717, 1.165) is 16.5 Å². The molecule has 0 aliphatic rings. The molecule has 4 nitrogen and oxygen atoms in total. The molecule has 1 unspecified atom stereocenters. The number of fused-ring (bicyclic) bond motifs is 1. The van der Waals surface area contributed by atoms with Crippen LogP contribution >= 0.6 is 0 Å². The van der Waals surface area contributed by atoms with Crippen molar-refractivity contribution in [3.8, 4) is 5.75 Å². The molecule has 0 fully saturated rings. The van der Waals surface area contributed by atoms with E-state index in [1.807, 2.05) is 18.2 Å². The Hall–Kier alpha value is -2.23. The van der Waals surface area contributed by atoms with Crippen molar-refractivity contribution in [1.82, 2.24) is 5.32 Å². The molecule has 2 aromatic carbocycles. The SMILES string of the molecule is COc1ccc2cc(C(C)CNC(N)=O)ccc2c1. The second kappa shape index (κ2) is 5.61. The molecule has 2 aromatic rings. The van der Waals surface area contributed by atoms with Crippen molar-refractivity contribution in [2.24, 2.45) is 5.73 Å². The van der Waals surface area contributed by atoms with Crippen molar-refractivity contribution in [3.63, 3.8) is 0 Å². The van der Waals surface area contributed by atoms with Crippen LogP contribution in [-0.4, -0.2) is 19.7 Å². The molecule has 0 radical (unpaired) electrons. The summed E-state index contributed by atoms with van der Waals surface area (Å²) in [5, 5.41) is 4.92. The molecule has 0 bridgehead atoms. The minimum atomic E-state index is -0.489. The summed E-state index contributed by atoms with van der Waals surface area (Å²) in [4.78, 5) is 10.7. The monoisotopic (exact) mass is 258 g/mol. The van der Waals surface area contributed by atoms with Crippen LogP contribution in [0, 0.1) is 0 Å². The third kappa shape index (κ3) is 3.16. The average molecular weight is 258 g/mol. The van der Waals surface area contributed by atoms with Crippen LogP contribution in [0.1, 0.15) is 18.4 Å². The molecule has 4 heteroatoms. The number of carbonyl (C=O) groups is 1. The van der Waals surface area contributed by atoms with Gasteiger partial charge in [0.15, 0.2) is 0 Å². The summed E-state index contributed by atoms with van der Waals surface area (Å²) in [6.07, 6.45) is 0. The highest BCUT2D eigenvalue weighted by Crippen LogP contribution is 2.24. The third-order valence-corrected chi connectivity index (χ3v) is 3.22. The van der Waals surface area contributed by atoms with Crippen LogP contribution in [0.15, 0.2) is 36.4 Å². The summed E-state index contributed by atoms with van der Waals surface area (Å²) in [5.74, 6) is 1.07. The molecule has 0 saturated heterocycles. The summed E-state index contributed by atoms with van der Waals surface area (Å²) in [6.45, 7) is 2.59. The van der Waals surface area contributed by atoms with Crippen molar-refractivity contribution in [3.05, 3.63) is 42.0 Å². The van der Waals surface area contributed by atoms with Gasteiger partial charge in [-0.25, -0.2) is 4.79 Å². The first-order chi connectivity index (χ1) is 9.10. The Morgan fingerprint density at radius 2 is 1.95 bits per heavy atom. The van der Waals surface area contributed by atoms with Gasteiger partial charge in [0.1, 0.15) is 5.75 Å². The molecular weight excluding hydrogens is 240 g/mol. The molecule has 19 heavy (non-hydrogen) atoms. The van der Waals surface area contributed by atoms with Crippen molar-refractivity contribution >= 4 is 16.8 Å². The number of hydrogen-bond donors (Lipinski definition) is 2. The first-order valence-electron chi connectivity index (χ1n) is 6.21. The predicted molar refractivity (Wildman–Crippen MR) is 76.5 cm³/mol. The molecular formula is C15H18N2O2. The molecule has 1 atom stereocenters. The molecule has 2 rings (SSSR count). The van der Waals surface area contributed by atoms with Crippen LogP contribution in [0.5, 0.6) is 5.75 Å². The maximum atomic E-state index is 10.7. The van der Waals surface area contributed by atoms with E-state index >= 15 is 0 Å².